The van der Waals surface area contributed by atoms with Gasteiger partial charge in [0.05, 0.1) is 5.69 Å². The lowest BCUT2D eigenvalue weighted by Crippen LogP contribution is -2.38. The maximum atomic E-state index is 13.0. The molecule has 0 atom stereocenters. The zero-order valence-corrected chi connectivity index (χ0v) is 16.5. The van der Waals surface area contributed by atoms with Crippen molar-refractivity contribution in [2.75, 3.05) is 13.1 Å². The first-order valence-corrected chi connectivity index (χ1v) is 9.75. The largest absolute Gasteiger partial charge is 0.425 e. The smallest absolute Gasteiger partial charge is 0.272 e. The van der Waals surface area contributed by atoms with E-state index >= 15 is 0 Å². The van der Waals surface area contributed by atoms with E-state index in [9.17, 15) is 4.79 Å². The summed E-state index contributed by atoms with van der Waals surface area (Å²) in [7, 11) is 1.82. The Kier molecular flexibility index (Phi) is 4.98. The van der Waals surface area contributed by atoms with Crippen LogP contribution in [0.4, 0.5) is 0 Å². The van der Waals surface area contributed by atoms with Crippen molar-refractivity contribution in [3.8, 4) is 11.3 Å². The number of amides is 1. The molecule has 0 N–H and O–H groups in total. The molecular weight excluding hydrogens is 354 g/mol. The Bertz CT molecular complexity index is 952. The van der Waals surface area contributed by atoms with E-state index in [1.165, 1.54) is 0 Å². The molecule has 0 radical (unpaired) electrons. The molecule has 3 heterocycles. The third kappa shape index (κ3) is 3.56. The molecule has 1 aliphatic heterocycles. The fourth-order valence-electron chi connectivity index (χ4n) is 3.55. The number of carbonyl (C=O) groups is 1. The molecule has 0 bridgehead atoms. The molecule has 1 saturated heterocycles. The summed E-state index contributed by atoms with van der Waals surface area (Å²) in [4.78, 5) is 14.9. The van der Waals surface area contributed by atoms with Crippen molar-refractivity contribution >= 4 is 5.91 Å². The number of piperidine rings is 1. The van der Waals surface area contributed by atoms with E-state index in [1.54, 1.807) is 4.68 Å². The number of hydrogen-bond acceptors (Lipinski definition) is 5. The SMILES string of the molecule is CC(C)c1nnc(C2CCN(C(=O)c3cc(-c4ccccc4)nn3C)CC2)o1. The van der Waals surface area contributed by atoms with Crippen LogP contribution in [0, 0.1) is 0 Å². The molecule has 0 aliphatic carbocycles. The van der Waals surface area contributed by atoms with Crippen molar-refractivity contribution in [1.29, 1.82) is 0 Å². The van der Waals surface area contributed by atoms with Crippen LogP contribution in [0.2, 0.25) is 0 Å². The lowest BCUT2D eigenvalue weighted by molar-refractivity contribution is 0.0694. The second kappa shape index (κ2) is 7.58. The van der Waals surface area contributed by atoms with Gasteiger partial charge in [-0.3, -0.25) is 9.48 Å². The molecular formula is C21H25N5O2. The van der Waals surface area contributed by atoms with Crippen molar-refractivity contribution in [3.63, 3.8) is 0 Å². The van der Waals surface area contributed by atoms with Crippen LogP contribution in [-0.4, -0.2) is 43.9 Å². The third-order valence-corrected chi connectivity index (χ3v) is 5.25. The minimum absolute atomic E-state index is 0.0176. The Morgan fingerprint density at radius 1 is 1.14 bits per heavy atom. The predicted octanol–water partition coefficient (Wildman–Crippen LogP) is 3.61. The van der Waals surface area contributed by atoms with Gasteiger partial charge >= 0.3 is 0 Å². The molecule has 1 aliphatic rings. The van der Waals surface area contributed by atoms with Gasteiger partial charge in [-0.1, -0.05) is 44.2 Å². The van der Waals surface area contributed by atoms with E-state index < -0.39 is 0 Å². The lowest BCUT2D eigenvalue weighted by Gasteiger charge is -2.30. The molecule has 3 aromatic rings. The summed E-state index contributed by atoms with van der Waals surface area (Å²) >= 11 is 0. The summed E-state index contributed by atoms with van der Waals surface area (Å²) in [5.74, 6) is 1.84. The van der Waals surface area contributed by atoms with Gasteiger partial charge in [0.2, 0.25) is 11.8 Å². The lowest BCUT2D eigenvalue weighted by atomic mass is 9.96. The molecule has 1 amide bonds. The van der Waals surface area contributed by atoms with E-state index in [0.717, 1.165) is 24.1 Å². The molecule has 1 fully saturated rings. The highest BCUT2D eigenvalue weighted by molar-refractivity contribution is 5.93. The monoisotopic (exact) mass is 379 g/mol. The van der Waals surface area contributed by atoms with Gasteiger partial charge in [-0.25, -0.2) is 0 Å². The Labute approximate surface area is 164 Å². The Morgan fingerprint density at radius 3 is 2.50 bits per heavy atom. The zero-order valence-electron chi connectivity index (χ0n) is 16.5. The standard InChI is InChI=1S/C21H25N5O2/c1-14(2)19-22-23-20(28-19)16-9-11-26(12-10-16)21(27)18-13-17(24-25(18)3)15-7-5-4-6-8-15/h4-8,13-14,16H,9-12H2,1-3H3. The molecule has 7 heteroatoms. The number of aryl methyl sites for hydroxylation is 1. The first kappa shape index (κ1) is 18.4. The summed E-state index contributed by atoms with van der Waals surface area (Å²) in [6, 6.07) is 11.8. The summed E-state index contributed by atoms with van der Waals surface area (Å²) in [5, 5.41) is 12.8. The van der Waals surface area contributed by atoms with Crippen molar-refractivity contribution in [2.24, 2.45) is 7.05 Å². The van der Waals surface area contributed by atoms with Gasteiger partial charge in [0, 0.05) is 37.5 Å². The fraction of sp³-hybridized carbons (Fsp3) is 0.429. The third-order valence-electron chi connectivity index (χ3n) is 5.25. The predicted molar refractivity (Wildman–Crippen MR) is 105 cm³/mol. The molecule has 0 unspecified atom stereocenters. The molecule has 1 aromatic carbocycles. The Hall–Kier alpha value is -2.96. The molecule has 0 spiro atoms. The van der Waals surface area contributed by atoms with E-state index in [0.29, 0.717) is 30.6 Å². The van der Waals surface area contributed by atoms with Gasteiger partial charge in [0.1, 0.15) is 5.69 Å². The summed E-state index contributed by atoms with van der Waals surface area (Å²) in [6.07, 6.45) is 1.66. The first-order valence-electron chi connectivity index (χ1n) is 9.75. The van der Waals surface area contributed by atoms with Crippen molar-refractivity contribution in [1.82, 2.24) is 24.9 Å². The average Bonchev–Trinajstić information content (AvgIpc) is 3.36. The second-order valence-electron chi connectivity index (χ2n) is 7.60. The molecule has 0 saturated carbocycles. The van der Waals surface area contributed by atoms with Crippen molar-refractivity contribution in [2.45, 2.75) is 38.5 Å². The van der Waals surface area contributed by atoms with Gasteiger partial charge in [-0.2, -0.15) is 5.10 Å². The fourth-order valence-corrected chi connectivity index (χ4v) is 3.55. The van der Waals surface area contributed by atoms with Gasteiger partial charge in [0.25, 0.3) is 5.91 Å². The second-order valence-corrected chi connectivity index (χ2v) is 7.60. The number of benzene rings is 1. The minimum Gasteiger partial charge on any atom is -0.425 e. The normalized spacial score (nSPS) is 15.4. The summed E-state index contributed by atoms with van der Waals surface area (Å²) in [5.41, 5.74) is 2.43. The highest BCUT2D eigenvalue weighted by atomic mass is 16.4. The van der Waals surface area contributed by atoms with Crippen LogP contribution in [0.1, 0.15) is 60.8 Å². The first-order chi connectivity index (χ1) is 13.5. The number of likely N-dealkylation sites (tertiary alicyclic amines) is 1. The van der Waals surface area contributed by atoms with E-state index in [4.69, 9.17) is 4.42 Å². The van der Waals surface area contributed by atoms with Gasteiger partial charge < -0.3 is 9.32 Å². The quantitative estimate of drug-likeness (QED) is 0.692. The molecule has 4 rings (SSSR count). The molecule has 28 heavy (non-hydrogen) atoms. The van der Waals surface area contributed by atoms with E-state index in [1.807, 2.05) is 62.2 Å². The van der Waals surface area contributed by atoms with E-state index in [-0.39, 0.29) is 17.7 Å². The van der Waals surface area contributed by atoms with Crippen LogP contribution in [0.25, 0.3) is 11.3 Å². The average molecular weight is 379 g/mol. The molecule has 7 nitrogen and oxygen atoms in total. The highest BCUT2D eigenvalue weighted by Gasteiger charge is 2.29. The van der Waals surface area contributed by atoms with Gasteiger partial charge in [-0.15, -0.1) is 10.2 Å². The minimum atomic E-state index is 0.0176. The van der Waals surface area contributed by atoms with Crippen LogP contribution in [0.3, 0.4) is 0 Å². The highest BCUT2D eigenvalue weighted by Crippen LogP contribution is 2.29. The molecule has 2 aromatic heterocycles. The van der Waals surface area contributed by atoms with E-state index in [2.05, 4.69) is 15.3 Å². The number of aromatic nitrogens is 4. The summed E-state index contributed by atoms with van der Waals surface area (Å²) < 4.78 is 7.47. The number of carbonyl (C=O) groups excluding carboxylic acids is 1. The van der Waals surface area contributed by atoms with Crippen molar-refractivity contribution < 1.29 is 9.21 Å². The topological polar surface area (TPSA) is 77.1 Å². The van der Waals surface area contributed by atoms with Crippen molar-refractivity contribution in [3.05, 3.63) is 53.9 Å². The number of rotatable bonds is 4. The Morgan fingerprint density at radius 2 is 1.86 bits per heavy atom. The maximum Gasteiger partial charge on any atom is 0.272 e. The van der Waals surface area contributed by atoms with Crippen LogP contribution in [0.5, 0.6) is 0 Å². The van der Waals surface area contributed by atoms with Gasteiger partial charge in [-0.05, 0) is 18.9 Å². The summed E-state index contributed by atoms with van der Waals surface area (Å²) in [6.45, 7) is 5.43. The molecule has 146 valence electrons. The van der Waals surface area contributed by atoms with Crippen LogP contribution in [0.15, 0.2) is 40.8 Å². The maximum absolute atomic E-state index is 13.0. The van der Waals surface area contributed by atoms with Gasteiger partial charge in [0.15, 0.2) is 0 Å². The van der Waals surface area contributed by atoms with Crippen LogP contribution in [-0.2, 0) is 7.05 Å². The zero-order chi connectivity index (χ0) is 19.7. The van der Waals surface area contributed by atoms with Crippen LogP contribution >= 0.6 is 0 Å². The Balaban J connectivity index is 1.43. The number of nitrogens with zero attached hydrogens (tertiary/aromatic N) is 5. The number of hydrogen-bond donors (Lipinski definition) is 0. The van der Waals surface area contributed by atoms with Crippen LogP contribution < -0.4 is 0 Å².